The molecule has 21 heavy (non-hydrogen) atoms. The maximum atomic E-state index is 6.12. The molecular weight excluding hydrogens is 286 g/mol. The van der Waals surface area contributed by atoms with Crippen molar-refractivity contribution in [3.05, 3.63) is 42.5 Å². The molecule has 6 heteroatoms. The van der Waals surface area contributed by atoms with Crippen LogP contribution in [0.5, 0.6) is 5.75 Å². The van der Waals surface area contributed by atoms with Gasteiger partial charge in [-0.3, -0.25) is 0 Å². The summed E-state index contributed by atoms with van der Waals surface area (Å²) in [7, 11) is 0. The Bertz CT molecular complexity index is 580. The minimum atomic E-state index is -0.459. The molecular formula is C15H19N3O2S. The van der Waals surface area contributed by atoms with E-state index in [1.807, 2.05) is 36.7 Å². The Morgan fingerprint density at radius 3 is 2.95 bits per heavy atom. The zero-order valence-corrected chi connectivity index (χ0v) is 13.0. The summed E-state index contributed by atoms with van der Waals surface area (Å²) in [5, 5.41) is 4.21. The SMILES string of the molecule is CC(C)Oc1ccccc1C1(Cn2cncn2)OCCS1. The highest BCUT2D eigenvalue weighted by atomic mass is 32.2. The number of benzene rings is 1. The number of thioether (sulfide) groups is 1. The maximum absolute atomic E-state index is 6.12. The van der Waals surface area contributed by atoms with E-state index in [1.165, 1.54) is 0 Å². The number of rotatable bonds is 5. The predicted molar refractivity (Wildman–Crippen MR) is 82.3 cm³/mol. The molecule has 1 fully saturated rings. The van der Waals surface area contributed by atoms with Crippen LogP contribution in [-0.4, -0.2) is 33.2 Å². The van der Waals surface area contributed by atoms with E-state index in [4.69, 9.17) is 9.47 Å². The zero-order valence-electron chi connectivity index (χ0n) is 12.2. The molecule has 0 saturated carbocycles. The Kier molecular flexibility index (Phi) is 4.17. The third-order valence-electron chi connectivity index (χ3n) is 3.25. The molecule has 1 aliphatic rings. The second-order valence-electron chi connectivity index (χ2n) is 5.21. The molecule has 1 aromatic carbocycles. The number of ether oxygens (including phenoxy) is 2. The predicted octanol–water partition coefficient (Wildman–Crippen LogP) is 2.68. The smallest absolute Gasteiger partial charge is 0.162 e. The van der Waals surface area contributed by atoms with Crippen molar-refractivity contribution in [2.24, 2.45) is 0 Å². The first-order valence-corrected chi connectivity index (χ1v) is 8.05. The lowest BCUT2D eigenvalue weighted by Crippen LogP contribution is -2.29. The van der Waals surface area contributed by atoms with Crippen LogP contribution in [0, 0.1) is 0 Å². The van der Waals surface area contributed by atoms with Crippen LogP contribution in [-0.2, 0) is 16.2 Å². The summed E-state index contributed by atoms with van der Waals surface area (Å²) in [5.41, 5.74) is 1.07. The normalized spacial score (nSPS) is 21.9. The van der Waals surface area contributed by atoms with Gasteiger partial charge in [0.05, 0.1) is 19.3 Å². The average Bonchev–Trinajstić information content (AvgIpc) is 3.11. The highest BCUT2D eigenvalue weighted by molar-refractivity contribution is 8.00. The molecule has 2 aromatic rings. The lowest BCUT2D eigenvalue weighted by atomic mass is 10.1. The fraction of sp³-hybridized carbons (Fsp3) is 0.467. The van der Waals surface area contributed by atoms with Crippen molar-refractivity contribution in [3.8, 4) is 5.75 Å². The number of hydrogen-bond donors (Lipinski definition) is 0. The second kappa shape index (κ2) is 6.07. The van der Waals surface area contributed by atoms with Crippen LogP contribution < -0.4 is 4.74 Å². The van der Waals surface area contributed by atoms with Crippen LogP contribution in [0.15, 0.2) is 36.9 Å². The lowest BCUT2D eigenvalue weighted by molar-refractivity contribution is 0.0301. The van der Waals surface area contributed by atoms with Gasteiger partial charge in [0.25, 0.3) is 0 Å². The molecule has 1 aromatic heterocycles. The van der Waals surface area contributed by atoms with Crippen LogP contribution in [0.2, 0.25) is 0 Å². The fourth-order valence-electron chi connectivity index (χ4n) is 2.45. The minimum Gasteiger partial charge on any atom is -0.491 e. The Balaban J connectivity index is 1.97. The first-order valence-electron chi connectivity index (χ1n) is 7.06. The van der Waals surface area contributed by atoms with E-state index in [0.717, 1.165) is 23.7 Å². The summed E-state index contributed by atoms with van der Waals surface area (Å²) in [6, 6.07) is 8.09. The van der Waals surface area contributed by atoms with E-state index < -0.39 is 4.93 Å². The number of aromatic nitrogens is 3. The number of para-hydroxylation sites is 1. The van der Waals surface area contributed by atoms with Gasteiger partial charge in [-0.2, -0.15) is 5.10 Å². The van der Waals surface area contributed by atoms with Gasteiger partial charge in [-0.1, -0.05) is 18.2 Å². The Labute approximate surface area is 128 Å². The standard InChI is InChI=1S/C15H19N3O2S/c1-12(2)20-14-6-4-3-5-13(14)15(19-7-8-21-15)9-18-11-16-10-17-18/h3-6,10-12H,7-9H2,1-2H3. The second-order valence-corrected chi connectivity index (χ2v) is 6.56. The molecule has 0 spiro atoms. The van der Waals surface area contributed by atoms with Crippen LogP contribution >= 0.6 is 11.8 Å². The summed E-state index contributed by atoms with van der Waals surface area (Å²) < 4.78 is 13.9. The molecule has 5 nitrogen and oxygen atoms in total. The summed E-state index contributed by atoms with van der Waals surface area (Å²) in [4.78, 5) is 3.56. The van der Waals surface area contributed by atoms with Crippen molar-refractivity contribution < 1.29 is 9.47 Å². The molecule has 1 atom stereocenters. The highest BCUT2D eigenvalue weighted by Gasteiger charge is 2.41. The van der Waals surface area contributed by atoms with Crippen molar-refractivity contribution in [3.63, 3.8) is 0 Å². The van der Waals surface area contributed by atoms with Crippen molar-refractivity contribution in [1.82, 2.24) is 14.8 Å². The highest BCUT2D eigenvalue weighted by Crippen LogP contribution is 2.47. The summed E-state index contributed by atoms with van der Waals surface area (Å²) >= 11 is 1.79. The fourth-order valence-corrected chi connectivity index (χ4v) is 3.66. The number of nitrogens with zero attached hydrogens (tertiary/aromatic N) is 3. The van der Waals surface area contributed by atoms with Gasteiger partial charge in [0.1, 0.15) is 18.4 Å². The van der Waals surface area contributed by atoms with Crippen LogP contribution in [0.4, 0.5) is 0 Å². The largest absolute Gasteiger partial charge is 0.491 e. The van der Waals surface area contributed by atoms with E-state index in [2.05, 4.69) is 16.1 Å². The van der Waals surface area contributed by atoms with Crippen LogP contribution in [0.3, 0.4) is 0 Å². The van der Waals surface area contributed by atoms with Gasteiger partial charge < -0.3 is 9.47 Å². The molecule has 3 rings (SSSR count). The van der Waals surface area contributed by atoms with Crippen molar-refractivity contribution in [2.75, 3.05) is 12.4 Å². The topological polar surface area (TPSA) is 49.2 Å². The zero-order chi connectivity index (χ0) is 14.7. The van der Waals surface area contributed by atoms with Gasteiger partial charge in [0.15, 0.2) is 4.93 Å². The maximum Gasteiger partial charge on any atom is 0.162 e. The van der Waals surface area contributed by atoms with Crippen molar-refractivity contribution >= 4 is 11.8 Å². The average molecular weight is 305 g/mol. The Morgan fingerprint density at radius 1 is 1.43 bits per heavy atom. The van der Waals surface area contributed by atoms with Crippen molar-refractivity contribution in [1.29, 1.82) is 0 Å². The van der Waals surface area contributed by atoms with Gasteiger partial charge in [0.2, 0.25) is 0 Å². The van der Waals surface area contributed by atoms with Gasteiger partial charge in [-0.15, -0.1) is 11.8 Å². The summed E-state index contributed by atoms with van der Waals surface area (Å²) in [5.74, 6) is 1.84. The van der Waals surface area contributed by atoms with E-state index >= 15 is 0 Å². The van der Waals surface area contributed by atoms with E-state index in [0.29, 0.717) is 6.54 Å². The summed E-state index contributed by atoms with van der Waals surface area (Å²) in [6.07, 6.45) is 3.39. The van der Waals surface area contributed by atoms with E-state index in [-0.39, 0.29) is 6.10 Å². The third-order valence-corrected chi connectivity index (χ3v) is 4.55. The van der Waals surface area contributed by atoms with Gasteiger partial charge in [0, 0.05) is 11.3 Å². The molecule has 0 radical (unpaired) electrons. The minimum absolute atomic E-state index is 0.126. The van der Waals surface area contributed by atoms with E-state index in [9.17, 15) is 0 Å². The molecule has 1 saturated heterocycles. The van der Waals surface area contributed by atoms with Gasteiger partial charge >= 0.3 is 0 Å². The molecule has 0 amide bonds. The Morgan fingerprint density at radius 2 is 2.29 bits per heavy atom. The monoisotopic (exact) mass is 305 g/mol. The molecule has 1 aliphatic heterocycles. The third kappa shape index (κ3) is 3.06. The molecule has 0 aliphatic carbocycles. The number of hydrogen-bond acceptors (Lipinski definition) is 5. The first kappa shape index (κ1) is 14.4. The van der Waals surface area contributed by atoms with Crippen molar-refractivity contribution in [2.45, 2.75) is 31.4 Å². The van der Waals surface area contributed by atoms with Gasteiger partial charge in [-0.05, 0) is 19.9 Å². The molecule has 1 unspecified atom stereocenters. The van der Waals surface area contributed by atoms with Crippen LogP contribution in [0.1, 0.15) is 19.4 Å². The summed E-state index contributed by atoms with van der Waals surface area (Å²) in [6.45, 7) is 5.42. The molecule has 0 N–H and O–H groups in total. The van der Waals surface area contributed by atoms with Gasteiger partial charge in [-0.25, -0.2) is 9.67 Å². The van der Waals surface area contributed by atoms with Crippen LogP contribution in [0.25, 0.3) is 0 Å². The molecule has 0 bridgehead atoms. The molecule has 112 valence electrons. The van der Waals surface area contributed by atoms with E-state index in [1.54, 1.807) is 24.4 Å². The quantitative estimate of drug-likeness (QED) is 0.850. The molecule has 2 heterocycles. The first-order chi connectivity index (χ1) is 10.2. The lowest BCUT2D eigenvalue weighted by Gasteiger charge is -2.30. The Hall–Kier alpha value is -1.53.